The molecule has 2 atom stereocenters. The Morgan fingerprint density at radius 1 is 1.22 bits per heavy atom. The fourth-order valence-electron chi connectivity index (χ4n) is 4.67. The molecule has 9 heteroatoms. The van der Waals surface area contributed by atoms with Crippen LogP contribution in [-0.4, -0.2) is 57.3 Å². The number of allylic oxidation sites excluding steroid dienone is 3. The van der Waals surface area contributed by atoms with Gasteiger partial charge in [0.2, 0.25) is 16.0 Å². The largest absolute Gasteiger partial charge is 0.487 e. The highest BCUT2D eigenvalue weighted by atomic mass is 32.2. The van der Waals surface area contributed by atoms with Crippen LogP contribution in [0.2, 0.25) is 0 Å². The lowest BCUT2D eigenvalue weighted by Crippen LogP contribution is -2.51. The summed E-state index contributed by atoms with van der Waals surface area (Å²) in [7, 11) is -3.74. The third kappa shape index (κ3) is 4.21. The van der Waals surface area contributed by atoms with Gasteiger partial charge in [0, 0.05) is 23.7 Å². The summed E-state index contributed by atoms with van der Waals surface area (Å²) in [5, 5.41) is 8.31. The number of anilines is 1. The summed E-state index contributed by atoms with van der Waals surface area (Å²) in [6.07, 6.45) is 12.1. The molecule has 1 aromatic carbocycles. The number of primary sulfonamides is 1. The van der Waals surface area contributed by atoms with Crippen LogP contribution >= 0.6 is 0 Å². The molecule has 166 valence electrons. The Bertz CT molecular complexity index is 1180. The Morgan fingerprint density at radius 2 is 1.97 bits per heavy atom. The van der Waals surface area contributed by atoms with Crippen molar-refractivity contribution in [2.24, 2.45) is 27.0 Å². The van der Waals surface area contributed by atoms with E-state index in [0.29, 0.717) is 24.1 Å². The van der Waals surface area contributed by atoms with Gasteiger partial charge in [0.1, 0.15) is 11.9 Å². The van der Waals surface area contributed by atoms with Crippen LogP contribution < -0.4 is 10.5 Å². The zero-order valence-corrected chi connectivity index (χ0v) is 18.4. The van der Waals surface area contributed by atoms with Crippen LogP contribution in [0.4, 0.5) is 5.69 Å². The van der Waals surface area contributed by atoms with E-state index in [9.17, 15) is 8.42 Å². The molecular weight excluding hydrogens is 426 g/mol. The molecule has 4 heterocycles. The maximum absolute atomic E-state index is 11.5. The van der Waals surface area contributed by atoms with E-state index in [1.165, 1.54) is 12.1 Å². The monoisotopic (exact) mass is 451 g/mol. The third-order valence-electron chi connectivity index (χ3n) is 6.42. The van der Waals surface area contributed by atoms with E-state index in [1.54, 1.807) is 12.1 Å². The predicted octanol–water partition coefficient (Wildman–Crippen LogP) is 1.74. The van der Waals surface area contributed by atoms with E-state index in [4.69, 9.17) is 21.3 Å². The molecule has 0 saturated carbocycles. The van der Waals surface area contributed by atoms with E-state index in [1.807, 2.05) is 12.2 Å². The highest BCUT2D eigenvalue weighted by Gasteiger charge is 2.37. The maximum atomic E-state index is 11.5. The topological polar surface area (TPSA) is 109 Å². The number of hydrogen-bond acceptors (Lipinski definition) is 7. The van der Waals surface area contributed by atoms with Crippen molar-refractivity contribution >= 4 is 27.4 Å². The Morgan fingerprint density at radius 3 is 2.59 bits per heavy atom. The molecule has 0 amide bonds. The Kier molecular flexibility index (Phi) is 5.37. The first-order chi connectivity index (χ1) is 15.4. The van der Waals surface area contributed by atoms with Gasteiger partial charge in [-0.15, -0.1) is 6.42 Å². The van der Waals surface area contributed by atoms with Crippen molar-refractivity contribution in [3.63, 3.8) is 0 Å². The molecule has 2 unspecified atom stereocenters. The van der Waals surface area contributed by atoms with Crippen LogP contribution in [0.25, 0.3) is 0 Å². The fraction of sp³-hybridized carbons (Fsp3) is 0.391. The van der Waals surface area contributed by atoms with Crippen molar-refractivity contribution in [3.8, 4) is 12.3 Å². The Hall–Kier alpha value is -2.93. The number of benzene rings is 1. The minimum absolute atomic E-state index is 0.0301. The minimum Gasteiger partial charge on any atom is -0.487 e. The molecule has 8 nitrogen and oxygen atoms in total. The van der Waals surface area contributed by atoms with Crippen molar-refractivity contribution in [3.05, 3.63) is 47.7 Å². The molecule has 0 radical (unpaired) electrons. The first-order valence-corrected chi connectivity index (χ1v) is 12.3. The summed E-state index contributed by atoms with van der Waals surface area (Å²) in [6, 6.07) is 6.15. The van der Waals surface area contributed by atoms with Gasteiger partial charge in [0.15, 0.2) is 0 Å². The number of fused-ring (bicyclic) bond motifs is 4. The van der Waals surface area contributed by atoms with Gasteiger partial charge < -0.3 is 10.1 Å². The number of piperidine rings is 3. The van der Waals surface area contributed by atoms with Gasteiger partial charge in [0.05, 0.1) is 17.2 Å². The van der Waals surface area contributed by atoms with E-state index in [0.717, 1.165) is 49.5 Å². The van der Waals surface area contributed by atoms with Gasteiger partial charge >= 0.3 is 0 Å². The fourth-order valence-corrected chi connectivity index (χ4v) is 5.18. The number of rotatable bonds is 4. The quantitative estimate of drug-likeness (QED) is 0.678. The van der Waals surface area contributed by atoms with Gasteiger partial charge in [-0.2, -0.15) is 0 Å². The molecule has 3 fully saturated rings. The van der Waals surface area contributed by atoms with Crippen molar-refractivity contribution < 1.29 is 13.2 Å². The smallest absolute Gasteiger partial charge is 0.238 e. The summed E-state index contributed by atoms with van der Waals surface area (Å²) in [5.41, 5.74) is 2.27. The van der Waals surface area contributed by atoms with Crippen LogP contribution in [0.3, 0.4) is 0 Å². The van der Waals surface area contributed by atoms with Crippen LogP contribution in [-0.2, 0) is 14.8 Å². The number of aliphatic imine (C=N–C) groups is 2. The molecule has 6 rings (SSSR count). The second-order valence-electron chi connectivity index (χ2n) is 8.53. The molecule has 1 aromatic rings. The molecule has 3 saturated heterocycles. The van der Waals surface area contributed by atoms with Crippen LogP contribution in [0, 0.1) is 24.2 Å². The van der Waals surface area contributed by atoms with Crippen molar-refractivity contribution in [2.45, 2.75) is 23.8 Å². The molecule has 0 spiro atoms. The van der Waals surface area contributed by atoms with E-state index in [-0.39, 0.29) is 16.9 Å². The summed E-state index contributed by atoms with van der Waals surface area (Å²) < 4.78 is 29.4. The van der Waals surface area contributed by atoms with Crippen LogP contribution in [0.1, 0.15) is 12.8 Å². The minimum atomic E-state index is -3.74. The number of nitrogens with two attached hydrogens (primary N) is 1. The second-order valence-corrected chi connectivity index (χ2v) is 10.1. The number of sulfonamides is 1. The van der Waals surface area contributed by atoms with E-state index in [2.05, 4.69) is 21.1 Å². The molecule has 32 heavy (non-hydrogen) atoms. The summed E-state index contributed by atoms with van der Waals surface area (Å²) >= 11 is 0. The van der Waals surface area contributed by atoms with Crippen molar-refractivity contribution in [2.75, 3.05) is 31.5 Å². The average molecular weight is 452 g/mol. The average Bonchev–Trinajstić information content (AvgIpc) is 2.80. The lowest BCUT2D eigenvalue weighted by molar-refractivity contribution is -0.0368. The second kappa shape index (κ2) is 8.20. The molecule has 3 N–H and O–H groups in total. The van der Waals surface area contributed by atoms with E-state index >= 15 is 0 Å². The van der Waals surface area contributed by atoms with Gasteiger partial charge in [0.25, 0.3) is 0 Å². The highest BCUT2D eigenvalue weighted by molar-refractivity contribution is 7.89. The number of guanidine groups is 1. The standard InChI is InChI=1S/C23H25N5O3S/c1-2-15-11-17-13-25-23(26-18-3-5-19(6-4-18)32(24,29)30)27-22(17)20(12-15)31-21-14-28-9-7-16(21)8-10-28/h1,3-6,11-12,16-17,21H,7-10,13-14H2,(H,25,26)(H2,24,29,30). The number of nitrogens with zero attached hydrogens (tertiary/aromatic N) is 3. The first kappa shape index (κ1) is 20.9. The highest BCUT2D eigenvalue weighted by Crippen LogP contribution is 2.33. The maximum Gasteiger partial charge on any atom is 0.238 e. The molecule has 5 aliphatic rings. The van der Waals surface area contributed by atoms with Crippen molar-refractivity contribution in [1.29, 1.82) is 0 Å². The van der Waals surface area contributed by atoms with Gasteiger partial charge in [-0.25, -0.2) is 18.5 Å². The normalized spacial score (nSPS) is 29.0. The summed E-state index contributed by atoms with van der Waals surface area (Å²) in [4.78, 5) is 11.8. The number of nitrogens with one attached hydrogen (secondary N) is 1. The van der Waals surface area contributed by atoms with Gasteiger partial charge in [-0.1, -0.05) is 12.0 Å². The molecule has 4 aliphatic heterocycles. The first-order valence-electron chi connectivity index (χ1n) is 10.7. The van der Waals surface area contributed by atoms with Crippen molar-refractivity contribution in [1.82, 2.24) is 4.90 Å². The SMILES string of the molecule is C#CC1=CC2CN=C(Nc3ccc(S(N)(=O)=O)cc3)N=C2C(OC2CN3CCC2CC3)=C1. The molecule has 1 aliphatic carbocycles. The number of hydrogen-bond donors (Lipinski definition) is 2. The summed E-state index contributed by atoms with van der Waals surface area (Å²) in [5.74, 6) is 4.42. The van der Waals surface area contributed by atoms with E-state index < -0.39 is 10.0 Å². The lowest BCUT2D eigenvalue weighted by atomic mass is 9.85. The predicted molar refractivity (Wildman–Crippen MR) is 124 cm³/mol. The summed E-state index contributed by atoms with van der Waals surface area (Å²) in [6.45, 7) is 3.73. The zero-order chi connectivity index (χ0) is 22.3. The van der Waals surface area contributed by atoms with Gasteiger partial charge in [-0.05, 0) is 62.2 Å². The lowest BCUT2D eigenvalue weighted by Gasteiger charge is -2.45. The molecular formula is C23H25N5O3S. The molecule has 0 aromatic heterocycles. The Labute approximate surface area is 188 Å². The number of ether oxygens (including phenoxy) is 1. The zero-order valence-electron chi connectivity index (χ0n) is 17.6. The van der Waals surface area contributed by atoms with Crippen LogP contribution in [0.5, 0.6) is 0 Å². The molecule has 2 bridgehead atoms. The third-order valence-corrected chi connectivity index (χ3v) is 7.34. The Balaban J connectivity index is 1.36. The van der Waals surface area contributed by atoms with Crippen LogP contribution in [0.15, 0.2) is 62.6 Å². The number of terminal acetylenes is 1. The van der Waals surface area contributed by atoms with Gasteiger partial charge in [-0.3, -0.25) is 9.89 Å².